The maximum atomic E-state index is 5.45. The average molecular weight is 297 g/mol. The molecule has 17 heavy (non-hydrogen) atoms. The SMILES string of the molecule is C[C@@H]1COCCN1c1nc(Br)cn2ccnc12. The van der Waals surface area contributed by atoms with Gasteiger partial charge in [-0.2, -0.15) is 0 Å². The Morgan fingerprint density at radius 1 is 1.53 bits per heavy atom. The molecule has 1 aliphatic rings. The molecule has 5 nitrogen and oxygen atoms in total. The average Bonchev–Trinajstić information content (AvgIpc) is 2.76. The fourth-order valence-electron chi connectivity index (χ4n) is 2.12. The predicted octanol–water partition coefficient (Wildman–Crippen LogP) is 1.72. The largest absolute Gasteiger partial charge is 0.377 e. The Bertz CT molecular complexity index is 541. The van der Waals surface area contributed by atoms with E-state index in [0.29, 0.717) is 6.04 Å². The summed E-state index contributed by atoms with van der Waals surface area (Å²) in [6.07, 6.45) is 5.63. The second-order valence-corrected chi connectivity index (χ2v) is 4.98. The number of aromatic nitrogens is 3. The van der Waals surface area contributed by atoms with Crippen LogP contribution in [-0.4, -0.2) is 40.2 Å². The van der Waals surface area contributed by atoms with Gasteiger partial charge in [-0.3, -0.25) is 0 Å². The first kappa shape index (κ1) is 11.0. The third-order valence-electron chi connectivity index (χ3n) is 2.97. The molecule has 0 spiro atoms. The molecule has 0 N–H and O–H groups in total. The van der Waals surface area contributed by atoms with Crippen LogP contribution in [0.1, 0.15) is 6.92 Å². The predicted molar refractivity (Wildman–Crippen MR) is 68.3 cm³/mol. The summed E-state index contributed by atoms with van der Waals surface area (Å²) in [4.78, 5) is 11.2. The zero-order chi connectivity index (χ0) is 11.8. The molecular formula is C11H13BrN4O. The molecule has 1 aliphatic heterocycles. The summed E-state index contributed by atoms with van der Waals surface area (Å²) in [5.74, 6) is 0.917. The zero-order valence-corrected chi connectivity index (χ0v) is 11.1. The van der Waals surface area contributed by atoms with Crippen LogP contribution in [0.4, 0.5) is 5.82 Å². The van der Waals surface area contributed by atoms with Crippen molar-refractivity contribution in [2.24, 2.45) is 0 Å². The molecule has 0 unspecified atom stereocenters. The van der Waals surface area contributed by atoms with Crippen molar-refractivity contribution >= 4 is 27.4 Å². The number of halogens is 1. The van der Waals surface area contributed by atoms with Crippen LogP contribution in [0.25, 0.3) is 5.65 Å². The van der Waals surface area contributed by atoms with Crippen molar-refractivity contribution in [1.29, 1.82) is 0 Å². The minimum Gasteiger partial charge on any atom is -0.377 e. The minimum atomic E-state index is 0.325. The molecule has 0 bridgehead atoms. The van der Waals surface area contributed by atoms with Gasteiger partial charge in [0.25, 0.3) is 0 Å². The Labute approximate surface area is 108 Å². The summed E-state index contributed by atoms with van der Waals surface area (Å²) in [5.41, 5.74) is 0.891. The van der Waals surface area contributed by atoms with E-state index in [2.05, 4.69) is 37.7 Å². The first-order chi connectivity index (χ1) is 8.25. The van der Waals surface area contributed by atoms with Crippen molar-refractivity contribution in [2.75, 3.05) is 24.7 Å². The number of hydrogen-bond donors (Lipinski definition) is 0. The number of nitrogens with zero attached hydrogens (tertiary/aromatic N) is 4. The highest BCUT2D eigenvalue weighted by molar-refractivity contribution is 9.10. The van der Waals surface area contributed by atoms with Gasteiger partial charge in [-0.1, -0.05) is 0 Å². The lowest BCUT2D eigenvalue weighted by Crippen LogP contribution is -2.44. The van der Waals surface area contributed by atoms with Crippen LogP contribution in [-0.2, 0) is 4.74 Å². The van der Waals surface area contributed by atoms with Crippen LogP contribution in [0.2, 0.25) is 0 Å². The Hall–Kier alpha value is -1.14. The third kappa shape index (κ3) is 1.91. The van der Waals surface area contributed by atoms with Crippen molar-refractivity contribution in [3.05, 3.63) is 23.2 Å². The molecule has 1 saturated heterocycles. The van der Waals surface area contributed by atoms with Crippen molar-refractivity contribution in [1.82, 2.24) is 14.4 Å². The van der Waals surface area contributed by atoms with Gasteiger partial charge in [-0.15, -0.1) is 0 Å². The van der Waals surface area contributed by atoms with Crippen LogP contribution < -0.4 is 4.90 Å². The second-order valence-electron chi connectivity index (χ2n) is 4.16. The quantitative estimate of drug-likeness (QED) is 0.804. The van der Waals surface area contributed by atoms with Gasteiger partial charge in [0, 0.05) is 25.1 Å². The molecule has 0 aliphatic carbocycles. The molecule has 0 aromatic carbocycles. The highest BCUT2D eigenvalue weighted by atomic mass is 79.9. The molecule has 0 radical (unpaired) electrons. The smallest absolute Gasteiger partial charge is 0.180 e. The molecule has 90 valence electrons. The summed E-state index contributed by atoms with van der Waals surface area (Å²) in [7, 11) is 0. The number of imidazole rings is 1. The monoisotopic (exact) mass is 296 g/mol. The second kappa shape index (κ2) is 4.27. The maximum absolute atomic E-state index is 5.45. The van der Waals surface area contributed by atoms with Crippen molar-refractivity contribution < 1.29 is 4.74 Å². The normalized spacial score (nSPS) is 21.1. The van der Waals surface area contributed by atoms with Gasteiger partial charge in [0.2, 0.25) is 0 Å². The van der Waals surface area contributed by atoms with Gasteiger partial charge in [0.1, 0.15) is 4.60 Å². The zero-order valence-electron chi connectivity index (χ0n) is 9.51. The van der Waals surface area contributed by atoms with Crippen molar-refractivity contribution in [2.45, 2.75) is 13.0 Å². The van der Waals surface area contributed by atoms with Crippen molar-refractivity contribution in [3.8, 4) is 0 Å². The van der Waals surface area contributed by atoms with Crippen molar-refractivity contribution in [3.63, 3.8) is 0 Å². The summed E-state index contributed by atoms with van der Waals surface area (Å²) in [6, 6.07) is 0.325. The van der Waals surface area contributed by atoms with Gasteiger partial charge in [-0.05, 0) is 22.9 Å². The number of morpholine rings is 1. The molecule has 6 heteroatoms. The Morgan fingerprint density at radius 2 is 2.41 bits per heavy atom. The molecule has 0 amide bonds. The molecule has 3 heterocycles. The Morgan fingerprint density at radius 3 is 3.24 bits per heavy atom. The number of hydrogen-bond acceptors (Lipinski definition) is 4. The van der Waals surface area contributed by atoms with E-state index >= 15 is 0 Å². The van der Waals surface area contributed by atoms with E-state index < -0.39 is 0 Å². The van der Waals surface area contributed by atoms with E-state index in [1.165, 1.54) is 0 Å². The first-order valence-electron chi connectivity index (χ1n) is 5.59. The molecule has 2 aromatic heterocycles. The van der Waals surface area contributed by atoms with E-state index in [9.17, 15) is 0 Å². The van der Waals surface area contributed by atoms with E-state index in [4.69, 9.17) is 4.74 Å². The van der Waals surface area contributed by atoms with Gasteiger partial charge < -0.3 is 14.0 Å². The van der Waals surface area contributed by atoms with E-state index in [0.717, 1.165) is 35.8 Å². The highest BCUT2D eigenvalue weighted by Gasteiger charge is 2.23. The number of ether oxygens (including phenoxy) is 1. The molecule has 1 fully saturated rings. The number of anilines is 1. The highest BCUT2D eigenvalue weighted by Crippen LogP contribution is 2.24. The third-order valence-corrected chi connectivity index (χ3v) is 3.35. The minimum absolute atomic E-state index is 0.325. The summed E-state index contributed by atoms with van der Waals surface area (Å²) < 4.78 is 8.25. The van der Waals surface area contributed by atoms with E-state index in [1.54, 1.807) is 6.20 Å². The van der Waals surface area contributed by atoms with Gasteiger partial charge in [0.15, 0.2) is 11.5 Å². The molecular weight excluding hydrogens is 284 g/mol. The van der Waals surface area contributed by atoms with Gasteiger partial charge >= 0.3 is 0 Å². The van der Waals surface area contributed by atoms with Crippen LogP contribution >= 0.6 is 15.9 Å². The molecule has 0 saturated carbocycles. The standard InChI is InChI=1S/C11H13BrN4O/c1-8-7-17-5-4-16(8)11-10-13-2-3-15(10)6-9(12)14-11/h2-3,6,8H,4-5,7H2,1H3/t8-/m1/s1. The fourth-order valence-corrected chi connectivity index (χ4v) is 2.51. The Kier molecular flexibility index (Phi) is 2.76. The van der Waals surface area contributed by atoms with Gasteiger partial charge in [-0.25, -0.2) is 9.97 Å². The van der Waals surface area contributed by atoms with Crippen LogP contribution in [0.3, 0.4) is 0 Å². The summed E-state index contributed by atoms with van der Waals surface area (Å²) >= 11 is 3.44. The van der Waals surface area contributed by atoms with Crippen LogP contribution in [0, 0.1) is 0 Å². The molecule has 2 aromatic rings. The lowest BCUT2D eigenvalue weighted by molar-refractivity contribution is 0.0986. The fraction of sp³-hybridized carbons (Fsp3) is 0.455. The lowest BCUT2D eigenvalue weighted by atomic mass is 10.2. The maximum Gasteiger partial charge on any atom is 0.180 e. The Balaban J connectivity index is 2.11. The summed E-state index contributed by atoms with van der Waals surface area (Å²) in [5, 5.41) is 0. The van der Waals surface area contributed by atoms with E-state index in [-0.39, 0.29) is 0 Å². The van der Waals surface area contributed by atoms with Gasteiger partial charge in [0.05, 0.1) is 19.3 Å². The van der Waals surface area contributed by atoms with Crippen LogP contribution in [0.5, 0.6) is 0 Å². The molecule has 1 atom stereocenters. The lowest BCUT2D eigenvalue weighted by Gasteiger charge is -2.34. The number of fused-ring (bicyclic) bond motifs is 1. The van der Waals surface area contributed by atoms with E-state index in [1.807, 2.05) is 16.8 Å². The van der Waals surface area contributed by atoms with Crippen LogP contribution in [0.15, 0.2) is 23.2 Å². The molecule has 3 rings (SSSR count). The number of rotatable bonds is 1. The summed E-state index contributed by atoms with van der Waals surface area (Å²) in [6.45, 7) is 4.47. The first-order valence-corrected chi connectivity index (χ1v) is 6.38. The topological polar surface area (TPSA) is 42.7 Å².